The van der Waals surface area contributed by atoms with Crippen LogP contribution in [0.15, 0.2) is 42.7 Å². The lowest BCUT2D eigenvalue weighted by atomic mass is 10.2. The van der Waals surface area contributed by atoms with Crippen LogP contribution in [-0.4, -0.2) is 37.3 Å². The number of methoxy groups -OCH3 is 1. The molecule has 0 saturated heterocycles. The zero-order valence-electron chi connectivity index (χ0n) is 12.6. The molecule has 0 fully saturated rings. The smallest absolute Gasteiger partial charge is 0.128 e. The number of ether oxygens (including phenoxy) is 1. The molecule has 0 aliphatic carbocycles. The largest absolute Gasteiger partial charge is 0.383 e. The standard InChI is InChI=1S/C16H22N4O/c1-20(13-15-5-3-4-8-18-15)16-7-6-14(12-19-16)11-17-9-10-21-2/h3-8,12,17H,9-11,13H2,1-2H3. The van der Waals surface area contributed by atoms with Crippen molar-refractivity contribution in [1.29, 1.82) is 0 Å². The molecule has 0 amide bonds. The average Bonchev–Trinajstić information content (AvgIpc) is 2.53. The number of hydrogen-bond donors (Lipinski definition) is 1. The molecule has 0 bridgehead atoms. The molecule has 0 atom stereocenters. The molecule has 112 valence electrons. The summed E-state index contributed by atoms with van der Waals surface area (Å²) in [5, 5.41) is 3.30. The minimum absolute atomic E-state index is 0.721. The molecule has 0 aliphatic rings. The van der Waals surface area contributed by atoms with Crippen molar-refractivity contribution in [1.82, 2.24) is 15.3 Å². The molecule has 2 rings (SSSR count). The summed E-state index contributed by atoms with van der Waals surface area (Å²) >= 11 is 0. The van der Waals surface area contributed by atoms with Gasteiger partial charge in [0, 0.05) is 39.6 Å². The number of nitrogens with zero attached hydrogens (tertiary/aromatic N) is 3. The van der Waals surface area contributed by atoms with Gasteiger partial charge in [0.1, 0.15) is 5.82 Å². The molecule has 0 aromatic carbocycles. The van der Waals surface area contributed by atoms with Gasteiger partial charge in [-0.3, -0.25) is 4.98 Å². The molecule has 21 heavy (non-hydrogen) atoms. The molecular formula is C16H22N4O. The van der Waals surface area contributed by atoms with Gasteiger partial charge in [-0.2, -0.15) is 0 Å². The Labute approximate surface area is 126 Å². The topological polar surface area (TPSA) is 50.3 Å². The Bertz CT molecular complexity index is 516. The molecule has 0 radical (unpaired) electrons. The van der Waals surface area contributed by atoms with E-state index in [1.54, 1.807) is 7.11 Å². The van der Waals surface area contributed by atoms with Crippen LogP contribution >= 0.6 is 0 Å². The number of anilines is 1. The number of nitrogens with one attached hydrogen (secondary N) is 1. The Kier molecular flexibility index (Phi) is 6.12. The summed E-state index contributed by atoms with van der Waals surface area (Å²) in [5.74, 6) is 0.946. The SMILES string of the molecule is COCCNCc1ccc(N(C)Cc2ccccn2)nc1. The molecule has 0 aliphatic heterocycles. The fraction of sp³-hybridized carbons (Fsp3) is 0.375. The molecule has 0 saturated carbocycles. The van der Waals surface area contributed by atoms with E-state index in [2.05, 4.69) is 26.3 Å². The highest BCUT2D eigenvalue weighted by atomic mass is 16.5. The summed E-state index contributed by atoms with van der Waals surface area (Å²) in [7, 11) is 3.73. The molecule has 2 aromatic rings. The van der Waals surface area contributed by atoms with E-state index >= 15 is 0 Å². The van der Waals surface area contributed by atoms with E-state index in [9.17, 15) is 0 Å². The Balaban J connectivity index is 1.86. The molecule has 0 unspecified atom stereocenters. The normalized spacial score (nSPS) is 10.6. The molecule has 5 nitrogen and oxygen atoms in total. The van der Waals surface area contributed by atoms with Crippen LogP contribution in [0.1, 0.15) is 11.3 Å². The third-order valence-corrected chi connectivity index (χ3v) is 3.14. The van der Waals surface area contributed by atoms with Gasteiger partial charge in [-0.05, 0) is 23.8 Å². The van der Waals surface area contributed by atoms with Crippen molar-refractivity contribution < 1.29 is 4.74 Å². The minimum Gasteiger partial charge on any atom is -0.383 e. The Morgan fingerprint density at radius 1 is 1.19 bits per heavy atom. The second-order valence-electron chi connectivity index (χ2n) is 4.87. The van der Waals surface area contributed by atoms with Gasteiger partial charge >= 0.3 is 0 Å². The van der Waals surface area contributed by atoms with Gasteiger partial charge in [0.2, 0.25) is 0 Å². The summed E-state index contributed by atoms with van der Waals surface area (Å²) in [4.78, 5) is 10.9. The van der Waals surface area contributed by atoms with Crippen molar-refractivity contribution in [2.75, 3.05) is 32.2 Å². The number of pyridine rings is 2. The van der Waals surface area contributed by atoms with E-state index in [1.165, 1.54) is 5.56 Å². The molecule has 2 heterocycles. The predicted molar refractivity (Wildman–Crippen MR) is 84.2 cm³/mol. The maximum Gasteiger partial charge on any atom is 0.128 e. The summed E-state index contributed by atoms with van der Waals surface area (Å²) < 4.78 is 5.00. The van der Waals surface area contributed by atoms with Gasteiger partial charge in [-0.15, -0.1) is 0 Å². The summed E-state index contributed by atoms with van der Waals surface area (Å²) in [5.41, 5.74) is 2.20. The van der Waals surface area contributed by atoms with Gasteiger partial charge in [0.15, 0.2) is 0 Å². The fourth-order valence-electron chi connectivity index (χ4n) is 1.97. The second kappa shape index (κ2) is 8.34. The highest BCUT2D eigenvalue weighted by molar-refractivity contribution is 5.38. The zero-order valence-corrected chi connectivity index (χ0v) is 12.6. The second-order valence-corrected chi connectivity index (χ2v) is 4.87. The van der Waals surface area contributed by atoms with E-state index in [-0.39, 0.29) is 0 Å². The van der Waals surface area contributed by atoms with E-state index in [0.717, 1.165) is 37.8 Å². The van der Waals surface area contributed by atoms with Crippen molar-refractivity contribution in [3.8, 4) is 0 Å². The monoisotopic (exact) mass is 286 g/mol. The molecule has 0 spiro atoms. The number of aromatic nitrogens is 2. The van der Waals surface area contributed by atoms with E-state index in [0.29, 0.717) is 0 Å². The molecule has 5 heteroatoms. The highest BCUT2D eigenvalue weighted by Gasteiger charge is 2.04. The van der Waals surface area contributed by atoms with Crippen molar-refractivity contribution in [2.24, 2.45) is 0 Å². The number of rotatable bonds is 8. The zero-order chi connectivity index (χ0) is 14.9. The minimum atomic E-state index is 0.721. The third kappa shape index (κ3) is 5.13. The summed E-state index contributed by atoms with van der Waals surface area (Å²) in [6, 6.07) is 10.1. The van der Waals surface area contributed by atoms with Crippen LogP contribution in [-0.2, 0) is 17.8 Å². The maximum atomic E-state index is 5.00. The van der Waals surface area contributed by atoms with Crippen molar-refractivity contribution in [3.63, 3.8) is 0 Å². The number of hydrogen-bond acceptors (Lipinski definition) is 5. The first-order valence-corrected chi connectivity index (χ1v) is 7.05. The quantitative estimate of drug-likeness (QED) is 0.751. The Morgan fingerprint density at radius 2 is 2.10 bits per heavy atom. The first-order chi connectivity index (χ1) is 10.3. The van der Waals surface area contributed by atoms with E-state index in [4.69, 9.17) is 4.74 Å². The molecular weight excluding hydrogens is 264 g/mol. The van der Waals surface area contributed by atoms with Crippen molar-refractivity contribution in [3.05, 3.63) is 54.0 Å². The molecule has 1 N–H and O–H groups in total. The van der Waals surface area contributed by atoms with Gasteiger partial charge in [0.05, 0.1) is 18.8 Å². The van der Waals surface area contributed by atoms with Crippen molar-refractivity contribution >= 4 is 5.82 Å². The van der Waals surface area contributed by atoms with Crippen LogP contribution in [0.5, 0.6) is 0 Å². The molecule has 2 aromatic heterocycles. The van der Waals surface area contributed by atoms with Gasteiger partial charge in [-0.25, -0.2) is 4.98 Å². The van der Waals surface area contributed by atoms with Crippen LogP contribution in [0, 0.1) is 0 Å². The fourth-order valence-corrected chi connectivity index (χ4v) is 1.97. The van der Waals surface area contributed by atoms with E-state index in [1.807, 2.05) is 43.7 Å². The lowest BCUT2D eigenvalue weighted by molar-refractivity contribution is 0.199. The van der Waals surface area contributed by atoms with Gasteiger partial charge < -0.3 is 15.0 Å². The highest BCUT2D eigenvalue weighted by Crippen LogP contribution is 2.12. The van der Waals surface area contributed by atoms with Gasteiger partial charge in [0.25, 0.3) is 0 Å². The third-order valence-electron chi connectivity index (χ3n) is 3.14. The van der Waals surface area contributed by atoms with Gasteiger partial charge in [-0.1, -0.05) is 12.1 Å². The van der Waals surface area contributed by atoms with Crippen molar-refractivity contribution in [2.45, 2.75) is 13.1 Å². The average molecular weight is 286 g/mol. The summed E-state index contributed by atoms with van der Waals surface area (Å²) in [6.07, 6.45) is 3.72. The van der Waals surface area contributed by atoms with Crippen LogP contribution in [0.3, 0.4) is 0 Å². The summed E-state index contributed by atoms with van der Waals surface area (Å²) in [6.45, 7) is 3.12. The lowest BCUT2D eigenvalue weighted by Crippen LogP contribution is -2.20. The van der Waals surface area contributed by atoms with Crippen LogP contribution < -0.4 is 10.2 Å². The first-order valence-electron chi connectivity index (χ1n) is 7.05. The first kappa shape index (κ1) is 15.4. The van der Waals surface area contributed by atoms with E-state index < -0.39 is 0 Å². The van der Waals surface area contributed by atoms with Crippen LogP contribution in [0.2, 0.25) is 0 Å². The van der Waals surface area contributed by atoms with Crippen LogP contribution in [0.25, 0.3) is 0 Å². The van der Waals surface area contributed by atoms with Crippen LogP contribution in [0.4, 0.5) is 5.82 Å². The Morgan fingerprint density at radius 3 is 2.76 bits per heavy atom. The lowest BCUT2D eigenvalue weighted by Gasteiger charge is -2.17. The predicted octanol–water partition coefficient (Wildman–Crippen LogP) is 1.85. The maximum absolute atomic E-state index is 5.00. The Hall–Kier alpha value is -1.98.